The van der Waals surface area contributed by atoms with E-state index in [0.29, 0.717) is 11.9 Å². The van der Waals surface area contributed by atoms with Gasteiger partial charge in [-0.2, -0.15) is 0 Å². The van der Waals surface area contributed by atoms with Gasteiger partial charge in [-0.05, 0) is 39.3 Å². The first-order chi connectivity index (χ1) is 9.74. The summed E-state index contributed by atoms with van der Waals surface area (Å²) < 4.78 is 1.93. The highest BCUT2D eigenvalue weighted by atomic mass is 16.2. The molecule has 20 heavy (non-hydrogen) atoms. The van der Waals surface area contributed by atoms with Crippen LogP contribution in [0, 0.1) is 5.92 Å². The van der Waals surface area contributed by atoms with Gasteiger partial charge in [-0.3, -0.25) is 4.79 Å². The molecule has 6 heteroatoms. The van der Waals surface area contributed by atoms with Crippen molar-refractivity contribution < 1.29 is 4.79 Å². The van der Waals surface area contributed by atoms with Crippen LogP contribution in [0.1, 0.15) is 31.7 Å². The van der Waals surface area contributed by atoms with Gasteiger partial charge in [0.25, 0.3) is 0 Å². The topological polar surface area (TPSA) is 54.3 Å². The molecule has 1 atom stereocenters. The lowest BCUT2D eigenvalue weighted by Gasteiger charge is -2.36. The van der Waals surface area contributed by atoms with Crippen molar-refractivity contribution in [1.82, 2.24) is 24.8 Å². The van der Waals surface area contributed by atoms with Crippen molar-refractivity contribution in [2.45, 2.75) is 31.7 Å². The lowest BCUT2D eigenvalue weighted by Crippen LogP contribution is -2.46. The summed E-state index contributed by atoms with van der Waals surface area (Å²) in [6.45, 7) is 3.74. The van der Waals surface area contributed by atoms with E-state index in [0.717, 1.165) is 51.9 Å². The lowest BCUT2D eigenvalue weighted by atomic mass is 9.95. The summed E-state index contributed by atoms with van der Waals surface area (Å²) in [5.74, 6) is 0.560. The van der Waals surface area contributed by atoms with E-state index in [1.54, 1.807) is 6.20 Å². The van der Waals surface area contributed by atoms with Crippen molar-refractivity contribution in [3.05, 3.63) is 12.4 Å². The molecule has 1 aromatic rings. The average molecular weight is 277 g/mol. The fourth-order valence-electron chi connectivity index (χ4n) is 3.39. The van der Waals surface area contributed by atoms with E-state index in [2.05, 4.69) is 27.2 Å². The van der Waals surface area contributed by atoms with Gasteiger partial charge < -0.3 is 9.80 Å². The molecule has 0 aromatic carbocycles. The second-order valence-electron chi connectivity index (χ2n) is 6.04. The molecule has 2 fully saturated rings. The summed E-state index contributed by atoms with van der Waals surface area (Å²) in [5, 5.41) is 7.93. The van der Waals surface area contributed by atoms with E-state index >= 15 is 0 Å². The third-order valence-corrected chi connectivity index (χ3v) is 4.56. The minimum absolute atomic E-state index is 0.205. The van der Waals surface area contributed by atoms with Crippen LogP contribution >= 0.6 is 0 Å². The molecule has 0 bridgehead atoms. The van der Waals surface area contributed by atoms with Gasteiger partial charge in [0.1, 0.15) is 0 Å². The first-order valence-electron chi connectivity index (χ1n) is 7.57. The van der Waals surface area contributed by atoms with Gasteiger partial charge in [0.2, 0.25) is 5.91 Å². The second kappa shape index (κ2) is 5.91. The maximum atomic E-state index is 12.6. The van der Waals surface area contributed by atoms with Gasteiger partial charge in [0.05, 0.1) is 18.2 Å². The summed E-state index contributed by atoms with van der Waals surface area (Å²) in [6, 6.07) is 0.399. The van der Waals surface area contributed by atoms with Crippen LogP contribution in [0.15, 0.2) is 12.4 Å². The highest BCUT2D eigenvalue weighted by Crippen LogP contribution is 2.24. The van der Waals surface area contributed by atoms with Crippen molar-refractivity contribution in [2.75, 3.05) is 33.2 Å². The Morgan fingerprint density at radius 3 is 2.65 bits per heavy atom. The molecule has 110 valence electrons. The molecular weight excluding hydrogens is 254 g/mol. The molecule has 0 radical (unpaired) electrons. The van der Waals surface area contributed by atoms with Gasteiger partial charge in [-0.15, -0.1) is 5.10 Å². The first-order valence-corrected chi connectivity index (χ1v) is 7.57. The summed E-state index contributed by atoms with van der Waals surface area (Å²) >= 11 is 0. The van der Waals surface area contributed by atoms with Crippen LogP contribution in [-0.4, -0.2) is 63.9 Å². The van der Waals surface area contributed by atoms with Crippen LogP contribution in [0.3, 0.4) is 0 Å². The number of likely N-dealkylation sites (tertiary alicyclic amines) is 2. The van der Waals surface area contributed by atoms with Crippen LogP contribution < -0.4 is 0 Å². The minimum Gasteiger partial charge on any atom is -0.342 e. The molecule has 1 unspecified atom stereocenters. The van der Waals surface area contributed by atoms with E-state index in [1.165, 1.54) is 0 Å². The minimum atomic E-state index is 0.205. The predicted molar refractivity (Wildman–Crippen MR) is 75.1 cm³/mol. The SMILES string of the molecule is CN1CCCC(C(=O)N2CCC(n3ccnn3)CC2)C1. The summed E-state index contributed by atoms with van der Waals surface area (Å²) in [7, 11) is 2.11. The Bertz CT molecular complexity index is 438. The Labute approximate surface area is 119 Å². The monoisotopic (exact) mass is 277 g/mol. The van der Waals surface area contributed by atoms with Gasteiger partial charge in [-0.1, -0.05) is 5.21 Å². The molecule has 1 amide bonds. The van der Waals surface area contributed by atoms with E-state index < -0.39 is 0 Å². The van der Waals surface area contributed by atoms with Crippen molar-refractivity contribution in [2.24, 2.45) is 5.92 Å². The summed E-state index contributed by atoms with van der Waals surface area (Å²) in [6.07, 6.45) is 7.79. The standard InChI is InChI=1S/C14H23N5O/c1-17-7-2-3-12(11-17)14(20)18-8-4-13(5-9-18)19-10-6-15-16-19/h6,10,12-13H,2-5,7-9,11H2,1H3. The third kappa shape index (κ3) is 2.85. The number of amides is 1. The zero-order valence-corrected chi connectivity index (χ0v) is 12.1. The molecule has 0 spiro atoms. The van der Waals surface area contributed by atoms with Gasteiger partial charge in [0, 0.05) is 25.8 Å². The fourth-order valence-corrected chi connectivity index (χ4v) is 3.39. The molecule has 0 N–H and O–H groups in total. The van der Waals surface area contributed by atoms with Crippen molar-refractivity contribution >= 4 is 5.91 Å². The number of hydrogen-bond acceptors (Lipinski definition) is 4. The number of hydrogen-bond donors (Lipinski definition) is 0. The van der Waals surface area contributed by atoms with Crippen LogP contribution in [-0.2, 0) is 4.79 Å². The summed E-state index contributed by atoms with van der Waals surface area (Å²) in [5.41, 5.74) is 0. The lowest BCUT2D eigenvalue weighted by molar-refractivity contribution is -0.138. The quantitative estimate of drug-likeness (QED) is 0.802. The number of rotatable bonds is 2. The number of carbonyl (C=O) groups excluding carboxylic acids is 1. The fraction of sp³-hybridized carbons (Fsp3) is 0.786. The largest absolute Gasteiger partial charge is 0.342 e. The number of piperidine rings is 2. The van der Waals surface area contributed by atoms with Crippen molar-refractivity contribution in [1.29, 1.82) is 0 Å². The Hall–Kier alpha value is -1.43. The van der Waals surface area contributed by atoms with Crippen LogP contribution in [0.4, 0.5) is 0 Å². The van der Waals surface area contributed by atoms with Crippen LogP contribution in [0.2, 0.25) is 0 Å². The molecular formula is C14H23N5O. The maximum absolute atomic E-state index is 12.6. The highest BCUT2D eigenvalue weighted by Gasteiger charge is 2.30. The van der Waals surface area contributed by atoms with Crippen molar-refractivity contribution in [3.8, 4) is 0 Å². The van der Waals surface area contributed by atoms with Gasteiger partial charge in [-0.25, -0.2) is 4.68 Å². The Balaban J connectivity index is 1.53. The van der Waals surface area contributed by atoms with Crippen molar-refractivity contribution in [3.63, 3.8) is 0 Å². The number of carbonyl (C=O) groups is 1. The van der Waals surface area contributed by atoms with E-state index in [-0.39, 0.29) is 5.92 Å². The van der Waals surface area contributed by atoms with E-state index in [4.69, 9.17) is 0 Å². The zero-order chi connectivity index (χ0) is 13.9. The molecule has 2 saturated heterocycles. The first kappa shape index (κ1) is 13.5. The molecule has 2 aliphatic rings. The molecule has 3 rings (SSSR count). The van der Waals surface area contributed by atoms with Gasteiger partial charge in [0.15, 0.2) is 0 Å². The van der Waals surface area contributed by atoms with Crippen LogP contribution in [0.25, 0.3) is 0 Å². The average Bonchev–Trinajstić information content (AvgIpc) is 3.01. The van der Waals surface area contributed by atoms with E-state index in [9.17, 15) is 4.79 Å². The molecule has 6 nitrogen and oxygen atoms in total. The summed E-state index contributed by atoms with van der Waals surface area (Å²) in [4.78, 5) is 16.9. The molecule has 0 aliphatic carbocycles. The molecule has 3 heterocycles. The van der Waals surface area contributed by atoms with E-state index in [1.807, 2.05) is 10.9 Å². The predicted octanol–water partition coefficient (Wildman–Crippen LogP) is 0.783. The van der Waals surface area contributed by atoms with Gasteiger partial charge >= 0.3 is 0 Å². The van der Waals surface area contributed by atoms with Crippen LogP contribution in [0.5, 0.6) is 0 Å². The Morgan fingerprint density at radius 2 is 2.00 bits per heavy atom. The molecule has 1 aromatic heterocycles. The Morgan fingerprint density at radius 1 is 1.20 bits per heavy atom. The zero-order valence-electron chi connectivity index (χ0n) is 12.1. The molecule has 0 saturated carbocycles. The second-order valence-corrected chi connectivity index (χ2v) is 6.04. The molecule has 2 aliphatic heterocycles. The smallest absolute Gasteiger partial charge is 0.226 e. The normalized spacial score (nSPS) is 25.9. The Kier molecular flexibility index (Phi) is 4.00. The maximum Gasteiger partial charge on any atom is 0.226 e. The highest BCUT2D eigenvalue weighted by molar-refractivity contribution is 5.79. The number of nitrogens with zero attached hydrogens (tertiary/aromatic N) is 5. The number of aromatic nitrogens is 3. The third-order valence-electron chi connectivity index (χ3n) is 4.56.